The van der Waals surface area contributed by atoms with Crippen LogP contribution in [0.5, 0.6) is 6.01 Å². The number of H-pyrrole nitrogens is 1. The number of halogens is 3. The lowest BCUT2D eigenvalue weighted by molar-refractivity contribution is 0.107. The van der Waals surface area contributed by atoms with Crippen LogP contribution in [0.2, 0.25) is 0 Å². The minimum absolute atomic E-state index is 0.0376. The van der Waals surface area contributed by atoms with E-state index < -0.39 is 28.9 Å². The average Bonchev–Trinajstić information content (AvgIpc) is 3.72. The summed E-state index contributed by atoms with van der Waals surface area (Å²) in [6.45, 7) is 2.89. The second-order valence-corrected chi connectivity index (χ2v) is 12.1. The highest BCUT2D eigenvalue weighted by Gasteiger charge is 2.49. The van der Waals surface area contributed by atoms with Gasteiger partial charge >= 0.3 is 6.01 Å². The molecule has 0 spiro atoms. The van der Waals surface area contributed by atoms with Crippen molar-refractivity contribution in [2.24, 2.45) is 0 Å². The number of pyridine rings is 2. The fourth-order valence-corrected chi connectivity index (χ4v) is 7.20. The van der Waals surface area contributed by atoms with Crippen LogP contribution in [-0.2, 0) is 0 Å². The number of aromatic nitrogens is 4. The summed E-state index contributed by atoms with van der Waals surface area (Å²) in [5, 5.41) is 3.98. The molecule has 0 aliphatic carbocycles. The first-order valence-corrected chi connectivity index (χ1v) is 14.9. The quantitative estimate of drug-likeness (QED) is 0.307. The fourth-order valence-electron chi connectivity index (χ4n) is 7.20. The van der Waals surface area contributed by atoms with Gasteiger partial charge in [-0.05, 0) is 50.9 Å². The van der Waals surface area contributed by atoms with Crippen LogP contribution in [0.3, 0.4) is 0 Å². The van der Waals surface area contributed by atoms with Crippen molar-refractivity contribution in [3.8, 4) is 29.6 Å². The topological polar surface area (TPSA) is 99.3 Å². The number of nitrogens with one attached hydrogen (secondary N) is 2. The van der Waals surface area contributed by atoms with Gasteiger partial charge < -0.3 is 19.9 Å². The summed E-state index contributed by atoms with van der Waals surface area (Å²) in [7, 11) is 1.87. The molecule has 2 N–H and O–H groups in total. The maximum absolute atomic E-state index is 16.6. The predicted octanol–water partition coefficient (Wildman–Crippen LogP) is 3.94. The van der Waals surface area contributed by atoms with E-state index in [4.69, 9.17) is 16.1 Å². The van der Waals surface area contributed by atoms with E-state index in [0.717, 1.165) is 50.9 Å². The molecule has 4 aromatic rings. The molecule has 3 atom stereocenters. The van der Waals surface area contributed by atoms with Crippen LogP contribution in [0.25, 0.3) is 33.1 Å². The van der Waals surface area contributed by atoms with Gasteiger partial charge in [0.25, 0.3) is 0 Å². The largest absolute Gasteiger partial charge is 0.461 e. The highest BCUT2D eigenvalue weighted by molar-refractivity contribution is 6.00. The van der Waals surface area contributed by atoms with Crippen molar-refractivity contribution in [1.29, 1.82) is 0 Å². The van der Waals surface area contributed by atoms with E-state index in [0.29, 0.717) is 30.7 Å². The summed E-state index contributed by atoms with van der Waals surface area (Å²) in [6.07, 6.45) is 10.3. The summed E-state index contributed by atoms with van der Waals surface area (Å²) in [5.74, 6) is 1.24. The van der Waals surface area contributed by atoms with Gasteiger partial charge in [0.15, 0.2) is 5.82 Å². The van der Waals surface area contributed by atoms with Gasteiger partial charge in [0.1, 0.15) is 35.6 Å². The molecule has 12 heteroatoms. The lowest BCUT2D eigenvalue weighted by atomic mass is 9.95. The van der Waals surface area contributed by atoms with E-state index in [-0.39, 0.29) is 51.9 Å². The van der Waals surface area contributed by atoms with Crippen LogP contribution in [0.1, 0.15) is 37.7 Å². The molecule has 44 heavy (non-hydrogen) atoms. The van der Waals surface area contributed by atoms with Crippen LogP contribution >= 0.6 is 0 Å². The SMILES string of the molecule is C#Cc1c(F)ccc2[nH]c(=O)cc(-c3ncc4c(N(C)C[C@H]5CCCN5)nc(OC[C@@]56CCCN5C[C@H](F)C6)nc4c3F)c12. The van der Waals surface area contributed by atoms with Crippen molar-refractivity contribution in [3.63, 3.8) is 0 Å². The molecular weight excluding hydrogens is 571 g/mol. The number of rotatable bonds is 7. The number of terminal acetylenes is 1. The number of fused-ring (bicyclic) bond motifs is 3. The van der Waals surface area contributed by atoms with Crippen LogP contribution in [0, 0.1) is 24.0 Å². The van der Waals surface area contributed by atoms with Gasteiger partial charge in [-0.15, -0.1) is 6.42 Å². The monoisotopic (exact) mass is 603 g/mol. The molecule has 0 saturated carbocycles. The number of alkyl halides is 1. The van der Waals surface area contributed by atoms with Gasteiger partial charge in [-0.25, -0.2) is 13.2 Å². The Balaban J connectivity index is 1.36. The van der Waals surface area contributed by atoms with Crippen molar-refractivity contribution in [2.45, 2.75) is 49.9 Å². The third-order valence-corrected chi connectivity index (χ3v) is 9.25. The molecule has 3 fully saturated rings. The first-order valence-electron chi connectivity index (χ1n) is 14.9. The first-order chi connectivity index (χ1) is 21.3. The standard InChI is InChI=1S/C32H32F3N7O2/c1-3-20-23(34)7-8-24-26(20)21(12-25(43)38-24)28-27(35)29-22(14-37-28)30(41(2)16-19-6-4-10-36-19)40-31(39-29)44-17-32-9-5-11-42(32)15-18(33)13-32/h1,7-8,12,14,18-19,36H,4-6,9-11,13,15-17H2,2H3,(H,38,43)/t18-,19-,32+/m1/s1. The summed E-state index contributed by atoms with van der Waals surface area (Å²) in [6, 6.07) is 3.88. The Morgan fingerprint density at radius 1 is 1.27 bits per heavy atom. The molecule has 9 nitrogen and oxygen atoms in total. The Hall–Kier alpha value is -4.21. The van der Waals surface area contributed by atoms with E-state index in [1.165, 1.54) is 12.3 Å². The number of benzene rings is 1. The van der Waals surface area contributed by atoms with Crippen molar-refractivity contribution in [2.75, 3.05) is 44.7 Å². The van der Waals surface area contributed by atoms with E-state index in [1.807, 2.05) is 11.9 Å². The maximum Gasteiger partial charge on any atom is 0.319 e. The number of ether oxygens (including phenoxy) is 1. The Morgan fingerprint density at radius 3 is 2.93 bits per heavy atom. The molecule has 0 radical (unpaired) electrons. The summed E-state index contributed by atoms with van der Waals surface area (Å²) < 4.78 is 51.9. The fraction of sp³-hybridized carbons (Fsp3) is 0.438. The van der Waals surface area contributed by atoms with E-state index in [2.05, 4.69) is 31.1 Å². The third kappa shape index (κ3) is 4.84. The molecule has 228 valence electrons. The number of likely N-dealkylation sites (N-methyl/N-ethyl adjacent to an activating group) is 1. The van der Waals surface area contributed by atoms with Crippen molar-refractivity contribution >= 4 is 27.6 Å². The summed E-state index contributed by atoms with van der Waals surface area (Å²) in [4.78, 5) is 32.8. The highest BCUT2D eigenvalue weighted by Crippen LogP contribution is 2.41. The van der Waals surface area contributed by atoms with E-state index in [1.54, 1.807) is 0 Å². The minimum atomic E-state index is -0.926. The Bertz CT molecular complexity index is 1870. The molecule has 6 heterocycles. The van der Waals surface area contributed by atoms with E-state index >= 15 is 4.39 Å². The Kier molecular flexibility index (Phi) is 7.17. The number of anilines is 1. The number of nitrogens with zero attached hydrogens (tertiary/aromatic N) is 5. The van der Waals surface area contributed by atoms with Gasteiger partial charge in [-0.1, -0.05) is 5.92 Å². The Morgan fingerprint density at radius 2 is 2.14 bits per heavy atom. The van der Waals surface area contributed by atoms with Gasteiger partial charge in [-0.2, -0.15) is 9.97 Å². The molecule has 0 bridgehead atoms. The van der Waals surface area contributed by atoms with Gasteiger partial charge in [0.05, 0.1) is 22.0 Å². The molecule has 0 unspecified atom stereocenters. The van der Waals surface area contributed by atoms with Crippen LogP contribution in [0.15, 0.2) is 29.2 Å². The van der Waals surface area contributed by atoms with Crippen molar-refractivity contribution < 1.29 is 17.9 Å². The van der Waals surface area contributed by atoms with Gasteiger partial charge in [-0.3, -0.25) is 14.7 Å². The molecule has 0 amide bonds. The van der Waals surface area contributed by atoms with E-state index in [9.17, 15) is 13.6 Å². The van der Waals surface area contributed by atoms with Crippen molar-refractivity contribution in [1.82, 2.24) is 30.2 Å². The molecule has 3 saturated heterocycles. The van der Waals surface area contributed by atoms with Crippen LogP contribution in [0.4, 0.5) is 19.0 Å². The van der Waals surface area contributed by atoms with Crippen LogP contribution in [-0.4, -0.2) is 82.4 Å². The van der Waals surface area contributed by atoms with Gasteiger partial charge in [0.2, 0.25) is 5.56 Å². The summed E-state index contributed by atoms with van der Waals surface area (Å²) >= 11 is 0. The number of aromatic amines is 1. The normalized spacial score (nSPS) is 23.3. The van der Waals surface area contributed by atoms with Gasteiger partial charge in [0, 0.05) is 55.8 Å². The molecule has 3 aliphatic heterocycles. The second-order valence-electron chi connectivity index (χ2n) is 12.1. The maximum atomic E-state index is 16.6. The Labute approximate surface area is 251 Å². The predicted molar refractivity (Wildman–Crippen MR) is 162 cm³/mol. The molecule has 3 aromatic heterocycles. The summed E-state index contributed by atoms with van der Waals surface area (Å²) in [5.41, 5.74) is -1.06. The third-order valence-electron chi connectivity index (χ3n) is 9.25. The lowest BCUT2D eigenvalue weighted by Crippen LogP contribution is -2.43. The molecule has 7 rings (SSSR count). The zero-order chi connectivity index (χ0) is 30.6. The highest BCUT2D eigenvalue weighted by atomic mass is 19.1. The lowest BCUT2D eigenvalue weighted by Gasteiger charge is -2.31. The number of hydrogen-bond acceptors (Lipinski definition) is 8. The molecule has 3 aliphatic rings. The smallest absolute Gasteiger partial charge is 0.319 e. The molecular formula is C32H32F3N7O2. The van der Waals surface area contributed by atoms with Crippen molar-refractivity contribution in [3.05, 3.63) is 51.9 Å². The molecule has 1 aromatic carbocycles. The zero-order valence-electron chi connectivity index (χ0n) is 24.3. The second kappa shape index (κ2) is 11.1. The number of hydrogen-bond donors (Lipinski definition) is 2. The first kappa shape index (κ1) is 28.6. The van der Waals surface area contributed by atoms with Crippen LogP contribution < -0.4 is 20.5 Å². The minimum Gasteiger partial charge on any atom is -0.461 e. The average molecular weight is 604 g/mol. The zero-order valence-corrected chi connectivity index (χ0v) is 24.3.